The SMILES string of the molecule is N[C@@H](c1ccc(O)c([N+](=O)[O-])c1)C(F)F. The fourth-order valence-corrected chi connectivity index (χ4v) is 1.04. The number of phenolic OH excluding ortho intramolecular Hbond substituents is 1. The van der Waals surface area contributed by atoms with E-state index < -0.39 is 28.8 Å². The van der Waals surface area contributed by atoms with Crippen LogP contribution in [0.4, 0.5) is 14.5 Å². The van der Waals surface area contributed by atoms with Gasteiger partial charge in [0, 0.05) is 6.07 Å². The van der Waals surface area contributed by atoms with Gasteiger partial charge < -0.3 is 10.8 Å². The molecule has 15 heavy (non-hydrogen) atoms. The van der Waals surface area contributed by atoms with E-state index in [0.29, 0.717) is 0 Å². The summed E-state index contributed by atoms with van der Waals surface area (Å²) in [5, 5.41) is 19.4. The van der Waals surface area contributed by atoms with Crippen molar-refractivity contribution in [1.82, 2.24) is 0 Å². The average molecular weight is 218 g/mol. The van der Waals surface area contributed by atoms with E-state index in [9.17, 15) is 18.9 Å². The van der Waals surface area contributed by atoms with E-state index in [1.807, 2.05) is 0 Å². The third-order valence-corrected chi connectivity index (χ3v) is 1.85. The fourth-order valence-electron chi connectivity index (χ4n) is 1.04. The highest BCUT2D eigenvalue weighted by Crippen LogP contribution is 2.29. The van der Waals surface area contributed by atoms with E-state index in [0.717, 1.165) is 18.2 Å². The molecule has 82 valence electrons. The number of benzene rings is 1. The molecule has 1 atom stereocenters. The van der Waals surface area contributed by atoms with Gasteiger partial charge in [-0.1, -0.05) is 6.07 Å². The largest absolute Gasteiger partial charge is 0.502 e. The normalized spacial score (nSPS) is 12.8. The third kappa shape index (κ3) is 2.38. The zero-order valence-corrected chi connectivity index (χ0v) is 7.43. The van der Waals surface area contributed by atoms with Gasteiger partial charge in [0.2, 0.25) is 0 Å². The smallest absolute Gasteiger partial charge is 0.311 e. The summed E-state index contributed by atoms with van der Waals surface area (Å²) in [5.41, 5.74) is 4.38. The van der Waals surface area contributed by atoms with Crippen LogP contribution in [0, 0.1) is 10.1 Å². The summed E-state index contributed by atoms with van der Waals surface area (Å²) in [6, 6.07) is 1.34. The lowest BCUT2D eigenvalue weighted by Gasteiger charge is -2.10. The van der Waals surface area contributed by atoms with Crippen LogP contribution in [0.25, 0.3) is 0 Å². The first-order valence-corrected chi connectivity index (χ1v) is 3.94. The summed E-state index contributed by atoms with van der Waals surface area (Å²) in [4.78, 5) is 9.52. The molecule has 0 aliphatic heterocycles. The first kappa shape index (κ1) is 11.3. The number of phenols is 1. The molecule has 1 aromatic carbocycles. The number of nitro groups is 1. The first-order valence-electron chi connectivity index (χ1n) is 3.94. The second-order valence-electron chi connectivity index (χ2n) is 2.87. The van der Waals surface area contributed by atoms with Crippen molar-refractivity contribution in [3.05, 3.63) is 33.9 Å². The summed E-state index contributed by atoms with van der Waals surface area (Å²) in [6.07, 6.45) is -2.81. The van der Waals surface area contributed by atoms with E-state index in [1.54, 1.807) is 0 Å². The Morgan fingerprint density at radius 3 is 2.53 bits per heavy atom. The van der Waals surface area contributed by atoms with Gasteiger partial charge in [0.15, 0.2) is 5.75 Å². The van der Waals surface area contributed by atoms with Crippen LogP contribution in [-0.4, -0.2) is 16.5 Å². The summed E-state index contributed by atoms with van der Waals surface area (Å²) in [5.74, 6) is -0.579. The topological polar surface area (TPSA) is 89.4 Å². The van der Waals surface area contributed by atoms with Crippen LogP contribution in [0.15, 0.2) is 18.2 Å². The Hall–Kier alpha value is -1.76. The molecule has 3 N–H and O–H groups in total. The second kappa shape index (κ2) is 4.18. The number of nitrogens with two attached hydrogens (primary N) is 1. The molecule has 0 spiro atoms. The summed E-state index contributed by atoms with van der Waals surface area (Å²) in [6.45, 7) is 0. The molecule has 0 radical (unpaired) electrons. The summed E-state index contributed by atoms with van der Waals surface area (Å²) < 4.78 is 24.4. The minimum atomic E-state index is -2.81. The van der Waals surface area contributed by atoms with Crippen LogP contribution in [0.5, 0.6) is 5.75 Å². The number of hydrogen-bond donors (Lipinski definition) is 2. The van der Waals surface area contributed by atoms with E-state index in [-0.39, 0.29) is 5.56 Å². The molecule has 0 fully saturated rings. The minimum absolute atomic E-state index is 0.0884. The van der Waals surface area contributed by atoms with Gasteiger partial charge in [-0.2, -0.15) is 0 Å². The Morgan fingerprint density at radius 1 is 1.47 bits per heavy atom. The molecule has 0 unspecified atom stereocenters. The predicted octanol–water partition coefficient (Wildman–Crippen LogP) is 1.57. The highest BCUT2D eigenvalue weighted by Gasteiger charge is 2.21. The van der Waals surface area contributed by atoms with Crippen LogP contribution >= 0.6 is 0 Å². The maximum absolute atomic E-state index is 12.2. The molecular weight excluding hydrogens is 210 g/mol. The molecule has 7 heteroatoms. The van der Waals surface area contributed by atoms with E-state index >= 15 is 0 Å². The Bertz CT molecular complexity index is 384. The lowest BCUT2D eigenvalue weighted by atomic mass is 10.1. The molecular formula is C8H8F2N2O3. The van der Waals surface area contributed by atoms with Crippen molar-refractivity contribution in [3.63, 3.8) is 0 Å². The number of aromatic hydroxyl groups is 1. The maximum Gasteiger partial charge on any atom is 0.311 e. The van der Waals surface area contributed by atoms with Crippen molar-refractivity contribution in [1.29, 1.82) is 0 Å². The molecule has 0 heterocycles. The molecule has 0 amide bonds. The summed E-state index contributed by atoms with van der Waals surface area (Å²) in [7, 11) is 0. The Balaban J connectivity index is 3.13. The van der Waals surface area contributed by atoms with Crippen molar-refractivity contribution in [2.45, 2.75) is 12.5 Å². The monoisotopic (exact) mass is 218 g/mol. The molecule has 0 saturated carbocycles. The van der Waals surface area contributed by atoms with Crippen LogP contribution in [0.3, 0.4) is 0 Å². The van der Waals surface area contributed by atoms with Crippen LogP contribution in [-0.2, 0) is 0 Å². The number of halogens is 2. The Kier molecular flexibility index (Phi) is 3.15. The van der Waals surface area contributed by atoms with Gasteiger partial charge in [-0.05, 0) is 11.6 Å². The van der Waals surface area contributed by atoms with Crippen molar-refractivity contribution in [2.75, 3.05) is 0 Å². The van der Waals surface area contributed by atoms with Crippen molar-refractivity contribution < 1.29 is 18.8 Å². The van der Waals surface area contributed by atoms with Crippen molar-refractivity contribution >= 4 is 5.69 Å². The zero-order chi connectivity index (χ0) is 11.6. The van der Waals surface area contributed by atoms with Gasteiger partial charge in [-0.3, -0.25) is 10.1 Å². The molecule has 1 rings (SSSR count). The lowest BCUT2D eigenvalue weighted by Crippen LogP contribution is -2.18. The fraction of sp³-hybridized carbons (Fsp3) is 0.250. The number of nitro benzene ring substituents is 1. The average Bonchev–Trinajstić information content (AvgIpc) is 2.16. The standard InChI is InChI=1S/C8H8F2N2O3/c9-8(10)7(11)4-1-2-6(13)5(3-4)12(14)15/h1-3,7-8,13H,11H2/t7-/m0/s1. The number of nitrogens with zero attached hydrogens (tertiary/aromatic N) is 1. The van der Waals surface area contributed by atoms with Crippen LogP contribution in [0.2, 0.25) is 0 Å². The second-order valence-corrected chi connectivity index (χ2v) is 2.87. The highest BCUT2D eigenvalue weighted by atomic mass is 19.3. The zero-order valence-electron chi connectivity index (χ0n) is 7.43. The summed E-state index contributed by atoms with van der Waals surface area (Å²) >= 11 is 0. The van der Waals surface area contributed by atoms with Gasteiger partial charge in [-0.15, -0.1) is 0 Å². The van der Waals surface area contributed by atoms with Crippen LogP contribution < -0.4 is 5.73 Å². The predicted molar refractivity (Wildman–Crippen MR) is 47.7 cm³/mol. The van der Waals surface area contributed by atoms with Crippen molar-refractivity contribution in [2.24, 2.45) is 5.73 Å². The van der Waals surface area contributed by atoms with Gasteiger partial charge in [0.05, 0.1) is 11.0 Å². The molecule has 1 aromatic rings. The molecule has 5 nitrogen and oxygen atoms in total. The van der Waals surface area contributed by atoms with Gasteiger partial charge in [0.1, 0.15) is 0 Å². The molecule has 0 saturated heterocycles. The highest BCUT2D eigenvalue weighted by molar-refractivity contribution is 5.48. The van der Waals surface area contributed by atoms with Gasteiger partial charge >= 0.3 is 5.69 Å². The van der Waals surface area contributed by atoms with Gasteiger partial charge in [-0.25, -0.2) is 8.78 Å². The quantitative estimate of drug-likeness (QED) is 0.595. The van der Waals surface area contributed by atoms with Crippen molar-refractivity contribution in [3.8, 4) is 5.75 Å². The minimum Gasteiger partial charge on any atom is -0.502 e. The number of rotatable bonds is 3. The number of alkyl halides is 2. The van der Waals surface area contributed by atoms with E-state index in [4.69, 9.17) is 10.8 Å². The molecule has 0 aliphatic rings. The van der Waals surface area contributed by atoms with E-state index in [1.165, 1.54) is 0 Å². The number of hydrogen-bond acceptors (Lipinski definition) is 4. The van der Waals surface area contributed by atoms with Crippen LogP contribution in [0.1, 0.15) is 11.6 Å². The Morgan fingerprint density at radius 2 is 2.07 bits per heavy atom. The molecule has 0 bridgehead atoms. The Labute approximate surface area is 83.3 Å². The lowest BCUT2D eigenvalue weighted by molar-refractivity contribution is -0.385. The molecule has 0 aliphatic carbocycles. The van der Waals surface area contributed by atoms with E-state index in [2.05, 4.69) is 0 Å². The third-order valence-electron chi connectivity index (χ3n) is 1.85. The first-order chi connectivity index (χ1) is 6.93. The van der Waals surface area contributed by atoms with Gasteiger partial charge in [0.25, 0.3) is 6.43 Å². The molecule has 0 aromatic heterocycles. The maximum atomic E-state index is 12.2.